The molecule has 1 aromatic carbocycles. The van der Waals surface area contributed by atoms with Crippen LogP contribution in [0.2, 0.25) is 0 Å². The first-order valence-corrected chi connectivity index (χ1v) is 11.6. The van der Waals surface area contributed by atoms with Crippen LogP contribution in [-0.4, -0.2) is 79.5 Å². The van der Waals surface area contributed by atoms with Crippen LogP contribution >= 0.6 is 0 Å². The number of carbonyl (C=O) groups is 2. The molecule has 2 heterocycles. The number of amides is 2. The normalized spacial score (nSPS) is 23.1. The minimum absolute atomic E-state index is 0.0428. The molecule has 8 heteroatoms. The first-order valence-electron chi connectivity index (χ1n) is 11.6. The molecule has 0 aliphatic carbocycles. The molecule has 1 aromatic rings. The predicted octanol–water partition coefficient (Wildman–Crippen LogP) is 2.19. The zero-order valence-corrected chi connectivity index (χ0v) is 19.7. The van der Waals surface area contributed by atoms with Crippen molar-refractivity contribution in [2.24, 2.45) is 0 Å². The van der Waals surface area contributed by atoms with E-state index in [9.17, 15) is 14.7 Å². The lowest BCUT2D eigenvalue weighted by Crippen LogP contribution is -2.57. The van der Waals surface area contributed by atoms with E-state index in [1.54, 1.807) is 37.1 Å². The standard InChI is InChI=1S/C24H37N3O5/c1-17(2)27(19-8-7-11-25-15-19)22(29)18-9-10-21-20(14-18)26(12-5-6-13-31-4)23(30)24(3,16-28)32-21/h9-10,14,17,19,25,28H,5-8,11-13,15-16H2,1-4H3/t19-,24?/m1/s1. The number of fused-ring (bicyclic) bond motifs is 1. The van der Waals surface area contributed by atoms with Gasteiger partial charge in [0, 0.05) is 44.5 Å². The molecule has 1 saturated heterocycles. The fourth-order valence-corrected chi connectivity index (χ4v) is 4.51. The van der Waals surface area contributed by atoms with E-state index in [0.717, 1.165) is 38.8 Å². The number of unbranched alkanes of at least 4 members (excludes halogenated alkanes) is 1. The number of anilines is 1. The van der Waals surface area contributed by atoms with Crippen molar-refractivity contribution >= 4 is 17.5 Å². The molecule has 32 heavy (non-hydrogen) atoms. The third-order valence-corrected chi connectivity index (χ3v) is 6.27. The number of piperidine rings is 1. The average molecular weight is 448 g/mol. The second-order valence-electron chi connectivity index (χ2n) is 9.14. The molecule has 2 aliphatic rings. The van der Waals surface area contributed by atoms with E-state index in [1.807, 2.05) is 18.7 Å². The Labute approximate surface area is 190 Å². The van der Waals surface area contributed by atoms with Crippen molar-refractivity contribution in [3.63, 3.8) is 0 Å². The number of rotatable bonds is 9. The van der Waals surface area contributed by atoms with Gasteiger partial charge >= 0.3 is 0 Å². The van der Waals surface area contributed by atoms with Crippen LogP contribution in [-0.2, 0) is 9.53 Å². The van der Waals surface area contributed by atoms with Gasteiger partial charge in [0.05, 0.1) is 12.3 Å². The molecule has 3 rings (SSSR count). The molecule has 0 saturated carbocycles. The van der Waals surface area contributed by atoms with Crippen LogP contribution < -0.4 is 15.0 Å². The highest BCUT2D eigenvalue weighted by Crippen LogP contribution is 2.39. The number of ether oxygens (including phenoxy) is 2. The molecule has 0 radical (unpaired) electrons. The summed E-state index contributed by atoms with van der Waals surface area (Å²) in [7, 11) is 1.65. The largest absolute Gasteiger partial charge is 0.473 e. The number of aliphatic hydroxyl groups excluding tert-OH is 1. The summed E-state index contributed by atoms with van der Waals surface area (Å²) >= 11 is 0. The smallest absolute Gasteiger partial charge is 0.273 e. The van der Waals surface area contributed by atoms with Gasteiger partial charge in [-0.25, -0.2) is 0 Å². The number of nitrogens with one attached hydrogen (secondary N) is 1. The molecular formula is C24H37N3O5. The third-order valence-electron chi connectivity index (χ3n) is 6.27. The van der Waals surface area contributed by atoms with Gasteiger partial charge in [-0.3, -0.25) is 9.59 Å². The number of methoxy groups -OCH3 is 1. The van der Waals surface area contributed by atoms with E-state index in [1.165, 1.54) is 0 Å². The molecule has 2 amide bonds. The zero-order valence-electron chi connectivity index (χ0n) is 19.7. The summed E-state index contributed by atoms with van der Waals surface area (Å²) < 4.78 is 11.0. The molecule has 2 aliphatic heterocycles. The summed E-state index contributed by atoms with van der Waals surface area (Å²) in [6, 6.07) is 5.46. The van der Waals surface area contributed by atoms with E-state index in [4.69, 9.17) is 9.47 Å². The van der Waals surface area contributed by atoms with E-state index < -0.39 is 12.2 Å². The monoisotopic (exact) mass is 447 g/mol. The molecular weight excluding hydrogens is 410 g/mol. The lowest BCUT2D eigenvalue weighted by molar-refractivity contribution is -0.137. The van der Waals surface area contributed by atoms with Crippen molar-refractivity contribution in [2.75, 3.05) is 44.9 Å². The number of aliphatic hydroxyl groups is 1. The van der Waals surface area contributed by atoms with Crippen molar-refractivity contribution in [1.29, 1.82) is 0 Å². The number of hydrogen-bond acceptors (Lipinski definition) is 6. The molecule has 8 nitrogen and oxygen atoms in total. The Bertz CT molecular complexity index is 809. The Morgan fingerprint density at radius 1 is 1.41 bits per heavy atom. The Kier molecular flexibility index (Phi) is 8.14. The van der Waals surface area contributed by atoms with Gasteiger partial charge in [-0.05, 0) is 71.2 Å². The van der Waals surface area contributed by atoms with E-state index in [2.05, 4.69) is 5.32 Å². The maximum atomic E-state index is 13.5. The number of nitrogens with zero attached hydrogens (tertiary/aromatic N) is 2. The molecule has 2 atom stereocenters. The Balaban J connectivity index is 1.91. The molecule has 178 valence electrons. The molecule has 1 fully saturated rings. The van der Waals surface area contributed by atoms with E-state index >= 15 is 0 Å². The zero-order chi connectivity index (χ0) is 23.3. The number of benzene rings is 1. The Hall–Kier alpha value is -2.16. The van der Waals surface area contributed by atoms with Crippen molar-refractivity contribution in [1.82, 2.24) is 10.2 Å². The Morgan fingerprint density at radius 2 is 2.19 bits per heavy atom. The van der Waals surface area contributed by atoms with Gasteiger partial charge in [-0.1, -0.05) is 0 Å². The molecule has 2 N–H and O–H groups in total. The van der Waals surface area contributed by atoms with Gasteiger partial charge in [-0.2, -0.15) is 0 Å². The van der Waals surface area contributed by atoms with Crippen LogP contribution in [0.25, 0.3) is 0 Å². The highest BCUT2D eigenvalue weighted by molar-refractivity contribution is 6.04. The summed E-state index contributed by atoms with van der Waals surface area (Å²) in [5.41, 5.74) is -0.221. The van der Waals surface area contributed by atoms with Crippen LogP contribution in [0.15, 0.2) is 18.2 Å². The minimum atomic E-state index is -1.34. The van der Waals surface area contributed by atoms with Gasteiger partial charge in [0.1, 0.15) is 5.75 Å². The SMILES string of the molecule is COCCCCN1C(=O)C(C)(CO)Oc2ccc(C(=O)N(C(C)C)[C@@H]3CCCNC3)cc21. The summed E-state index contributed by atoms with van der Waals surface area (Å²) in [4.78, 5) is 30.3. The summed E-state index contributed by atoms with van der Waals surface area (Å²) in [5.74, 6) is 0.158. The molecule has 1 unspecified atom stereocenters. The maximum Gasteiger partial charge on any atom is 0.273 e. The van der Waals surface area contributed by atoms with E-state index in [-0.39, 0.29) is 23.9 Å². The lowest BCUT2D eigenvalue weighted by atomic mass is 9.99. The van der Waals surface area contributed by atoms with Crippen LogP contribution in [0, 0.1) is 0 Å². The first kappa shape index (κ1) is 24.5. The summed E-state index contributed by atoms with van der Waals surface area (Å²) in [5, 5.41) is 13.2. The second kappa shape index (κ2) is 10.6. The molecule has 0 spiro atoms. The fourth-order valence-electron chi connectivity index (χ4n) is 4.51. The number of hydrogen-bond donors (Lipinski definition) is 2. The first-order chi connectivity index (χ1) is 15.3. The van der Waals surface area contributed by atoms with Crippen LogP contribution in [0.1, 0.15) is 56.8 Å². The van der Waals surface area contributed by atoms with E-state index in [0.29, 0.717) is 30.2 Å². The highest BCUT2D eigenvalue weighted by atomic mass is 16.5. The average Bonchev–Trinajstić information content (AvgIpc) is 2.79. The van der Waals surface area contributed by atoms with Crippen molar-refractivity contribution < 1.29 is 24.2 Å². The quantitative estimate of drug-likeness (QED) is 0.564. The third kappa shape index (κ3) is 5.08. The second-order valence-corrected chi connectivity index (χ2v) is 9.14. The van der Waals surface area contributed by atoms with Gasteiger partial charge in [0.15, 0.2) is 0 Å². The van der Waals surface area contributed by atoms with Crippen LogP contribution in [0.5, 0.6) is 5.75 Å². The predicted molar refractivity (Wildman–Crippen MR) is 123 cm³/mol. The van der Waals surface area contributed by atoms with Crippen LogP contribution in [0.4, 0.5) is 5.69 Å². The lowest BCUT2D eigenvalue weighted by Gasteiger charge is -2.40. The fraction of sp³-hybridized carbons (Fsp3) is 0.667. The topological polar surface area (TPSA) is 91.3 Å². The number of carbonyl (C=O) groups excluding carboxylic acids is 2. The van der Waals surface area contributed by atoms with Gasteiger partial charge in [-0.15, -0.1) is 0 Å². The molecule has 0 bridgehead atoms. The summed E-state index contributed by atoms with van der Waals surface area (Å²) in [6.07, 6.45) is 3.57. The minimum Gasteiger partial charge on any atom is -0.473 e. The van der Waals surface area contributed by atoms with Gasteiger partial charge in [0.2, 0.25) is 5.60 Å². The Morgan fingerprint density at radius 3 is 2.81 bits per heavy atom. The van der Waals surface area contributed by atoms with Crippen molar-refractivity contribution in [3.05, 3.63) is 23.8 Å². The summed E-state index contributed by atoms with van der Waals surface area (Å²) in [6.45, 7) is 8.09. The van der Waals surface area contributed by atoms with Crippen molar-refractivity contribution in [3.8, 4) is 5.75 Å². The van der Waals surface area contributed by atoms with Crippen LogP contribution in [0.3, 0.4) is 0 Å². The van der Waals surface area contributed by atoms with Gasteiger partial charge in [0.25, 0.3) is 11.8 Å². The molecule has 0 aromatic heterocycles. The van der Waals surface area contributed by atoms with Crippen molar-refractivity contribution in [2.45, 2.75) is 64.1 Å². The highest BCUT2D eigenvalue weighted by Gasteiger charge is 2.44. The maximum absolute atomic E-state index is 13.5. The van der Waals surface area contributed by atoms with Gasteiger partial charge < -0.3 is 29.7 Å².